The van der Waals surface area contributed by atoms with Crippen LogP contribution in [-0.2, 0) is 4.74 Å². The molecule has 0 aliphatic carbocycles. The Morgan fingerprint density at radius 2 is 2.00 bits per heavy atom. The SMILES string of the molecule is Clc1cc([C@H]2CO2)cc2c1OCCCO2. The highest BCUT2D eigenvalue weighted by Gasteiger charge is 2.27. The van der Waals surface area contributed by atoms with Gasteiger partial charge in [-0.05, 0) is 17.7 Å². The van der Waals surface area contributed by atoms with Gasteiger partial charge in [-0.25, -0.2) is 0 Å². The van der Waals surface area contributed by atoms with E-state index in [-0.39, 0.29) is 6.10 Å². The first-order valence-electron chi connectivity index (χ1n) is 5.05. The van der Waals surface area contributed by atoms with Crippen LogP contribution in [0.4, 0.5) is 0 Å². The van der Waals surface area contributed by atoms with Gasteiger partial charge in [-0.2, -0.15) is 0 Å². The van der Waals surface area contributed by atoms with E-state index in [0.29, 0.717) is 24.0 Å². The monoisotopic (exact) mass is 226 g/mol. The van der Waals surface area contributed by atoms with E-state index in [1.165, 1.54) is 0 Å². The van der Waals surface area contributed by atoms with Gasteiger partial charge in [0.2, 0.25) is 0 Å². The van der Waals surface area contributed by atoms with Crippen LogP contribution in [-0.4, -0.2) is 19.8 Å². The highest BCUT2D eigenvalue weighted by molar-refractivity contribution is 6.32. The molecule has 0 saturated carbocycles. The fourth-order valence-electron chi connectivity index (χ4n) is 1.68. The summed E-state index contributed by atoms with van der Waals surface area (Å²) in [4.78, 5) is 0. The van der Waals surface area contributed by atoms with Gasteiger partial charge in [0, 0.05) is 6.42 Å². The second kappa shape index (κ2) is 3.58. The lowest BCUT2D eigenvalue weighted by molar-refractivity contribution is 0.297. The van der Waals surface area contributed by atoms with Crippen LogP contribution in [0, 0.1) is 0 Å². The lowest BCUT2D eigenvalue weighted by atomic mass is 10.1. The molecule has 3 nitrogen and oxygen atoms in total. The zero-order chi connectivity index (χ0) is 10.3. The first-order valence-corrected chi connectivity index (χ1v) is 5.43. The number of halogens is 1. The van der Waals surface area contributed by atoms with Gasteiger partial charge in [0.15, 0.2) is 11.5 Å². The molecule has 80 valence electrons. The molecule has 1 fully saturated rings. The molecule has 4 heteroatoms. The van der Waals surface area contributed by atoms with Crippen LogP contribution in [0.25, 0.3) is 0 Å². The zero-order valence-electron chi connectivity index (χ0n) is 8.16. The number of rotatable bonds is 1. The topological polar surface area (TPSA) is 31.0 Å². The number of hydrogen-bond donors (Lipinski definition) is 0. The molecule has 3 rings (SSSR count). The summed E-state index contributed by atoms with van der Waals surface area (Å²) in [5, 5.41) is 0.611. The number of hydrogen-bond acceptors (Lipinski definition) is 3. The molecule has 1 aromatic carbocycles. The Morgan fingerprint density at radius 1 is 1.20 bits per heavy atom. The lowest BCUT2D eigenvalue weighted by Crippen LogP contribution is -1.97. The molecular weight excluding hydrogens is 216 g/mol. The van der Waals surface area contributed by atoms with E-state index in [1.807, 2.05) is 12.1 Å². The largest absolute Gasteiger partial charge is 0.489 e. The maximum atomic E-state index is 6.13. The molecule has 15 heavy (non-hydrogen) atoms. The summed E-state index contributed by atoms with van der Waals surface area (Å²) in [5.41, 5.74) is 1.07. The third-order valence-electron chi connectivity index (χ3n) is 2.53. The average Bonchev–Trinajstić information content (AvgIpc) is 3.04. The van der Waals surface area contributed by atoms with E-state index in [1.54, 1.807) is 0 Å². The van der Waals surface area contributed by atoms with Crippen molar-refractivity contribution < 1.29 is 14.2 Å². The number of benzene rings is 1. The highest BCUT2D eigenvalue weighted by Crippen LogP contribution is 2.42. The van der Waals surface area contributed by atoms with Gasteiger partial charge in [0.05, 0.1) is 24.8 Å². The van der Waals surface area contributed by atoms with Crippen LogP contribution in [0.1, 0.15) is 18.1 Å². The molecule has 0 spiro atoms. The Kier molecular flexibility index (Phi) is 2.22. The molecular formula is C11H11ClO3. The molecule has 0 unspecified atom stereocenters. The number of fused-ring (bicyclic) bond motifs is 1. The summed E-state index contributed by atoms with van der Waals surface area (Å²) in [5.74, 6) is 1.41. The first kappa shape index (κ1) is 9.31. The van der Waals surface area contributed by atoms with Gasteiger partial charge < -0.3 is 14.2 Å². The maximum Gasteiger partial charge on any atom is 0.179 e. The second-order valence-electron chi connectivity index (χ2n) is 3.70. The van der Waals surface area contributed by atoms with Crippen LogP contribution < -0.4 is 9.47 Å². The Labute approximate surface area is 92.9 Å². The van der Waals surface area contributed by atoms with Crippen molar-refractivity contribution in [3.63, 3.8) is 0 Å². The van der Waals surface area contributed by atoms with E-state index in [4.69, 9.17) is 25.8 Å². The Balaban J connectivity index is 2.03. The molecule has 1 atom stereocenters. The lowest BCUT2D eigenvalue weighted by Gasteiger charge is -2.10. The van der Waals surface area contributed by atoms with Crippen molar-refractivity contribution >= 4 is 11.6 Å². The summed E-state index contributed by atoms with van der Waals surface area (Å²) in [6, 6.07) is 3.86. The van der Waals surface area contributed by atoms with Crippen LogP contribution in [0.15, 0.2) is 12.1 Å². The van der Waals surface area contributed by atoms with Gasteiger partial charge in [0.25, 0.3) is 0 Å². The average molecular weight is 227 g/mol. The molecule has 0 radical (unpaired) electrons. The van der Waals surface area contributed by atoms with Crippen LogP contribution in [0.2, 0.25) is 5.02 Å². The quantitative estimate of drug-likeness (QED) is 0.690. The van der Waals surface area contributed by atoms with Gasteiger partial charge in [0.1, 0.15) is 6.10 Å². The van der Waals surface area contributed by atoms with Gasteiger partial charge >= 0.3 is 0 Å². The second-order valence-corrected chi connectivity index (χ2v) is 4.11. The van der Waals surface area contributed by atoms with E-state index >= 15 is 0 Å². The standard InChI is InChI=1S/C11H11ClO3/c12-8-4-7(10-6-15-10)5-9-11(8)14-3-1-2-13-9/h4-5,10H,1-3,6H2/t10-/m1/s1. The van der Waals surface area contributed by atoms with Crippen molar-refractivity contribution in [3.8, 4) is 11.5 Å². The fraction of sp³-hybridized carbons (Fsp3) is 0.455. The summed E-state index contributed by atoms with van der Waals surface area (Å²) >= 11 is 6.13. The van der Waals surface area contributed by atoms with Gasteiger partial charge in [-0.15, -0.1) is 0 Å². The van der Waals surface area contributed by atoms with Crippen molar-refractivity contribution in [1.82, 2.24) is 0 Å². The van der Waals surface area contributed by atoms with Gasteiger partial charge in [-0.1, -0.05) is 11.6 Å². The highest BCUT2D eigenvalue weighted by atomic mass is 35.5. The summed E-state index contributed by atoms with van der Waals surface area (Å²) < 4.78 is 16.3. The third kappa shape index (κ3) is 1.77. The number of ether oxygens (including phenoxy) is 3. The molecule has 2 aliphatic heterocycles. The van der Waals surface area contributed by atoms with Gasteiger partial charge in [-0.3, -0.25) is 0 Å². The minimum atomic E-state index is 0.194. The van der Waals surface area contributed by atoms with E-state index in [0.717, 1.165) is 24.3 Å². The molecule has 2 aliphatic rings. The molecule has 0 amide bonds. The fourth-order valence-corrected chi connectivity index (χ4v) is 1.95. The smallest absolute Gasteiger partial charge is 0.179 e. The van der Waals surface area contributed by atoms with Crippen LogP contribution >= 0.6 is 11.6 Å². The predicted molar refractivity (Wildman–Crippen MR) is 55.8 cm³/mol. The third-order valence-corrected chi connectivity index (χ3v) is 2.81. The van der Waals surface area contributed by atoms with E-state index in [2.05, 4.69) is 0 Å². The van der Waals surface area contributed by atoms with Crippen LogP contribution in [0.3, 0.4) is 0 Å². The van der Waals surface area contributed by atoms with Crippen molar-refractivity contribution in [2.75, 3.05) is 19.8 Å². The first-order chi connectivity index (χ1) is 7.34. The van der Waals surface area contributed by atoms with Crippen molar-refractivity contribution in [2.45, 2.75) is 12.5 Å². The molecule has 1 saturated heterocycles. The minimum absolute atomic E-state index is 0.194. The van der Waals surface area contributed by atoms with Crippen molar-refractivity contribution in [1.29, 1.82) is 0 Å². The summed E-state index contributed by atoms with van der Waals surface area (Å²) in [7, 11) is 0. The Bertz CT molecular complexity index is 388. The maximum absolute atomic E-state index is 6.13. The van der Waals surface area contributed by atoms with Crippen molar-refractivity contribution in [3.05, 3.63) is 22.7 Å². The molecule has 2 heterocycles. The summed E-state index contributed by atoms with van der Waals surface area (Å²) in [6.45, 7) is 2.11. The zero-order valence-corrected chi connectivity index (χ0v) is 8.92. The molecule has 0 N–H and O–H groups in total. The molecule has 0 bridgehead atoms. The van der Waals surface area contributed by atoms with Crippen molar-refractivity contribution in [2.24, 2.45) is 0 Å². The Hall–Kier alpha value is -0.930. The van der Waals surface area contributed by atoms with Crippen LogP contribution in [0.5, 0.6) is 11.5 Å². The summed E-state index contributed by atoms with van der Waals surface area (Å²) in [6.07, 6.45) is 1.08. The molecule has 0 aromatic heterocycles. The van der Waals surface area contributed by atoms with E-state index in [9.17, 15) is 0 Å². The number of epoxide rings is 1. The predicted octanol–water partition coefficient (Wildman–Crippen LogP) is 2.57. The Morgan fingerprint density at radius 3 is 2.80 bits per heavy atom. The minimum Gasteiger partial charge on any atom is -0.489 e. The van der Waals surface area contributed by atoms with E-state index < -0.39 is 0 Å². The normalized spacial score (nSPS) is 23.4. The molecule has 1 aromatic rings.